The van der Waals surface area contributed by atoms with Crippen molar-refractivity contribution in [2.24, 2.45) is 0 Å². The number of halogens is 1. The summed E-state index contributed by atoms with van der Waals surface area (Å²) in [7, 11) is 0. The van der Waals surface area contributed by atoms with Crippen LogP contribution in [0.3, 0.4) is 0 Å². The molecule has 0 aliphatic carbocycles. The molecule has 4 nitrogen and oxygen atoms in total. The van der Waals surface area contributed by atoms with Crippen LogP contribution in [0.25, 0.3) is 0 Å². The Morgan fingerprint density at radius 3 is 2.77 bits per heavy atom. The van der Waals surface area contributed by atoms with Crippen LogP contribution < -0.4 is 5.32 Å². The Kier molecular flexibility index (Phi) is 3.06. The van der Waals surface area contributed by atoms with E-state index in [0.29, 0.717) is 11.0 Å². The Labute approximate surface area is 82.0 Å². The number of anilines is 1. The van der Waals surface area contributed by atoms with Crippen LogP contribution in [0.5, 0.6) is 0 Å². The zero-order chi connectivity index (χ0) is 9.90. The molecule has 5 heteroatoms. The van der Waals surface area contributed by atoms with Gasteiger partial charge in [0.15, 0.2) is 0 Å². The zero-order valence-corrected chi connectivity index (χ0v) is 8.34. The van der Waals surface area contributed by atoms with Crippen molar-refractivity contribution in [1.29, 1.82) is 0 Å². The molecule has 0 spiro atoms. The van der Waals surface area contributed by atoms with E-state index in [0.717, 1.165) is 0 Å². The van der Waals surface area contributed by atoms with E-state index in [2.05, 4.69) is 15.3 Å². The minimum atomic E-state index is -0.417. The van der Waals surface area contributed by atoms with Gasteiger partial charge in [0.2, 0.25) is 0 Å². The average molecular weight is 202 g/mol. The molecule has 1 aromatic heterocycles. The highest BCUT2D eigenvalue weighted by atomic mass is 35.5. The number of hydrogen-bond acceptors (Lipinski definition) is 4. The van der Waals surface area contributed by atoms with E-state index in [1.54, 1.807) is 6.20 Å². The number of nitrogens with one attached hydrogen (secondary N) is 1. The molecule has 0 atom stereocenters. The summed E-state index contributed by atoms with van der Waals surface area (Å²) in [5, 5.41) is 12.3. The van der Waals surface area contributed by atoms with Crippen molar-refractivity contribution in [3.05, 3.63) is 17.5 Å². The van der Waals surface area contributed by atoms with Crippen molar-refractivity contribution in [1.82, 2.24) is 9.97 Å². The van der Waals surface area contributed by atoms with Gasteiger partial charge in [-0.15, -0.1) is 0 Å². The van der Waals surface area contributed by atoms with Crippen molar-refractivity contribution in [2.75, 3.05) is 11.9 Å². The number of nitrogens with zero attached hydrogens (tertiary/aromatic N) is 2. The molecule has 0 saturated carbocycles. The normalized spacial score (nSPS) is 11.4. The third-order valence-electron chi connectivity index (χ3n) is 1.47. The summed E-state index contributed by atoms with van der Waals surface area (Å²) < 4.78 is 0. The second-order valence-corrected chi connectivity index (χ2v) is 3.78. The van der Waals surface area contributed by atoms with Gasteiger partial charge in [-0.1, -0.05) is 11.6 Å². The smallest absolute Gasteiger partial charge is 0.149 e. The summed E-state index contributed by atoms with van der Waals surface area (Å²) in [5.74, 6) is 0.562. The Morgan fingerprint density at radius 1 is 1.54 bits per heavy atom. The van der Waals surface area contributed by atoms with Crippen LogP contribution in [0.1, 0.15) is 13.8 Å². The van der Waals surface area contributed by atoms with Crippen LogP contribution in [-0.2, 0) is 0 Å². The zero-order valence-electron chi connectivity index (χ0n) is 7.58. The van der Waals surface area contributed by atoms with E-state index in [4.69, 9.17) is 16.7 Å². The molecule has 0 unspecified atom stereocenters. The molecule has 1 rings (SSSR count). The third-order valence-corrected chi connectivity index (χ3v) is 1.65. The monoisotopic (exact) mass is 201 g/mol. The fourth-order valence-electron chi connectivity index (χ4n) is 0.789. The second kappa shape index (κ2) is 3.89. The van der Waals surface area contributed by atoms with Crippen LogP contribution >= 0.6 is 11.6 Å². The first-order valence-corrected chi connectivity index (χ1v) is 4.28. The lowest BCUT2D eigenvalue weighted by Gasteiger charge is -2.23. The maximum absolute atomic E-state index is 8.98. The molecule has 0 aromatic carbocycles. The highest BCUT2D eigenvalue weighted by molar-refractivity contribution is 6.29. The third kappa shape index (κ3) is 3.16. The summed E-state index contributed by atoms with van der Waals surface area (Å²) in [6, 6.07) is 0. The van der Waals surface area contributed by atoms with Gasteiger partial charge in [-0.3, -0.25) is 4.98 Å². The van der Waals surface area contributed by atoms with Crippen LogP contribution in [0.4, 0.5) is 5.82 Å². The molecular formula is C8H12ClN3O. The van der Waals surface area contributed by atoms with Crippen LogP contribution in [0.15, 0.2) is 12.4 Å². The number of rotatable bonds is 3. The maximum atomic E-state index is 8.98. The molecule has 0 amide bonds. The van der Waals surface area contributed by atoms with Gasteiger partial charge in [-0.05, 0) is 13.8 Å². The summed E-state index contributed by atoms with van der Waals surface area (Å²) >= 11 is 5.64. The number of aliphatic hydroxyl groups excluding tert-OH is 1. The van der Waals surface area contributed by atoms with E-state index in [9.17, 15) is 0 Å². The van der Waals surface area contributed by atoms with Crippen molar-refractivity contribution >= 4 is 17.4 Å². The van der Waals surface area contributed by atoms with Gasteiger partial charge in [0.05, 0.1) is 24.5 Å². The van der Waals surface area contributed by atoms with Gasteiger partial charge in [0.25, 0.3) is 0 Å². The Bertz CT molecular complexity index is 290. The fourth-order valence-corrected chi connectivity index (χ4v) is 0.936. The van der Waals surface area contributed by atoms with Gasteiger partial charge >= 0.3 is 0 Å². The highest BCUT2D eigenvalue weighted by Gasteiger charge is 2.16. The van der Waals surface area contributed by atoms with Crippen molar-refractivity contribution in [3.63, 3.8) is 0 Å². The number of hydrogen-bond donors (Lipinski definition) is 2. The Morgan fingerprint density at radius 2 is 2.23 bits per heavy atom. The van der Waals surface area contributed by atoms with Gasteiger partial charge in [-0.2, -0.15) is 0 Å². The fraction of sp³-hybridized carbons (Fsp3) is 0.500. The summed E-state index contributed by atoms with van der Waals surface area (Å²) in [6.07, 6.45) is 3.02. The van der Waals surface area contributed by atoms with Crippen molar-refractivity contribution < 1.29 is 5.11 Å². The number of aromatic nitrogens is 2. The first kappa shape index (κ1) is 10.2. The quantitative estimate of drug-likeness (QED) is 0.775. The topological polar surface area (TPSA) is 58.0 Å². The maximum Gasteiger partial charge on any atom is 0.149 e. The van der Waals surface area contributed by atoms with Crippen LogP contribution in [0.2, 0.25) is 5.15 Å². The van der Waals surface area contributed by atoms with E-state index in [1.807, 2.05) is 13.8 Å². The van der Waals surface area contributed by atoms with Crippen molar-refractivity contribution in [2.45, 2.75) is 19.4 Å². The van der Waals surface area contributed by atoms with E-state index in [-0.39, 0.29) is 6.61 Å². The Balaban J connectivity index is 2.74. The first-order chi connectivity index (χ1) is 6.03. The molecule has 0 bridgehead atoms. The van der Waals surface area contributed by atoms with Gasteiger partial charge in [0.1, 0.15) is 11.0 Å². The van der Waals surface area contributed by atoms with E-state index in [1.165, 1.54) is 6.20 Å². The van der Waals surface area contributed by atoms with E-state index < -0.39 is 5.54 Å². The minimum Gasteiger partial charge on any atom is -0.394 e. The van der Waals surface area contributed by atoms with Crippen LogP contribution in [0, 0.1) is 0 Å². The average Bonchev–Trinajstić information content (AvgIpc) is 2.03. The van der Waals surface area contributed by atoms with Gasteiger partial charge in [-0.25, -0.2) is 4.98 Å². The molecular weight excluding hydrogens is 190 g/mol. The molecule has 13 heavy (non-hydrogen) atoms. The first-order valence-electron chi connectivity index (χ1n) is 3.90. The predicted molar refractivity (Wildman–Crippen MR) is 51.8 cm³/mol. The van der Waals surface area contributed by atoms with Crippen LogP contribution in [-0.4, -0.2) is 27.2 Å². The molecule has 72 valence electrons. The summed E-state index contributed by atoms with van der Waals surface area (Å²) in [6.45, 7) is 3.73. The van der Waals surface area contributed by atoms with Crippen molar-refractivity contribution in [3.8, 4) is 0 Å². The summed E-state index contributed by atoms with van der Waals surface area (Å²) in [5.41, 5.74) is -0.417. The van der Waals surface area contributed by atoms with E-state index >= 15 is 0 Å². The van der Waals surface area contributed by atoms with Gasteiger partial charge < -0.3 is 10.4 Å². The molecule has 0 saturated heterocycles. The number of aliphatic hydroxyl groups is 1. The molecule has 0 fully saturated rings. The highest BCUT2D eigenvalue weighted by Crippen LogP contribution is 2.12. The second-order valence-electron chi connectivity index (χ2n) is 3.39. The summed E-state index contributed by atoms with van der Waals surface area (Å²) in [4.78, 5) is 7.85. The molecule has 0 radical (unpaired) electrons. The lowest BCUT2D eigenvalue weighted by atomic mass is 10.1. The molecule has 0 aliphatic heterocycles. The standard InChI is InChI=1S/C8H12ClN3O/c1-8(2,5-13)12-7-4-10-3-6(9)11-7/h3-4,13H,5H2,1-2H3,(H,11,12). The lowest BCUT2D eigenvalue weighted by molar-refractivity contribution is 0.234. The predicted octanol–water partition coefficient (Wildman–Crippen LogP) is 1.31. The molecule has 2 N–H and O–H groups in total. The SMILES string of the molecule is CC(C)(CO)Nc1cncc(Cl)n1. The Hall–Kier alpha value is -0.870. The molecule has 0 aliphatic rings. The van der Waals surface area contributed by atoms with Gasteiger partial charge in [0, 0.05) is 0 Å². The molecule has 1 aromatic rings. The minimum absolute atomic E-state index is 0.0151. The lowest BCUT2D eigenvalue weighted by Crippen LogP contribution is -2.35. The largest absolute Gasteiger partial charge is 0.394 e. The molecule has 1 heterocycles.